The molecule has 0 aromatic heterocycles. The molecule has 25 heavy (non-hydrogen) atoms. The van der Waals surface area contributed by atoms with Crippen LogP contribution in [0.1, 0.15) is 11.1 Å². The minimum Gasteiger partial charge on any atom is -0.455 e. The number of rotatable bonds is 6. The number of esters is 1. The SMILES string of the molecule is Cc1cc(C)c(NC(=O)COC(=O)CSc2ccccc2Cl)c(Cl)c1. The van der Waals surface area contributed by atoms with Gasteiger partial charge in [-0.1, -0.05) is 41.4 Å². The third-order valence-electron chi connectivity index (χ3n) is 3.24. The van der Waals surface area contributed by atoms with Gasteiger partial charge in [0.1, 0.15) is 0 Å². The highest BCUT2D eigenvalue weighted by Gasteiger charge is 2.12. The number of amides is 1. The first-order chi connectivity index (χ1) is 11.9. The Balaban J connectivity index is 1.82. The first-order valence-corrected chi connectivity index (χ1v) is 9.20. The number of aryl methyl sites for hydroxylation is 2. The lowest BCUT2D eigenvalue weighted by Gasteiger charge is -2.12. The maximum Gasteiger partial charge on any atom is 0.316 e. The van der Waals surface area contributed by atoms with E-state index in [4.69, 9.17) is 27.9 Å². The molecule has 0 fully saturated rings. The van der Waals surface area contributed by atoms with E-state index in [1.165, 1.54) is 11.8 Å². The number of thioether (sulfide) groups is 1. The zero-order valence-electron chi connectivity index (χ0n) is 13.8. The van der Waals surface area contributed by atoms with Crippen LogP contribution in [0.4, 0.5) is 5.69 Å². The number of benzene rings is 2. The van der Waals surface area contributed by atoms with Crippen LogP contribution >= 0.6 is 35.0 Å². The van der Waals surface area contributed by atoms with Crippen LogP contribution in [0.25, 0.3) is 0 Å². The number of ether oxygens (including phenoxy) is 1. The zero-order valence-corrected chi connectivity index (χ0v) is 16.1. The molecule has 4 nitrogen and oxygen atoms in total. The van der Waals surface area contributed by atoms with Crippen LogP contribution in [0.15, 0.2) is 41.3 Å². The summed E-state index contributed by atoms with van der Waals surface area (Å²) < 4.78 is 4.98. The van der Waals surface area contributed by atoms with Crippen LogP contribution in [0.5, 0.6) is 0 Å². The quantitative estimate of drug-likeness (QED) is 0.557. The van der Waals surface area contributed by atoms with Gasteiger partial charge in [-0.3, -0.25) is 9.59 Å². The lowest BCUT2D eigenvalue weighted by molar-refractivity contribution is -0.144. The van der Waals surface area contributed by atoms with Crippen molar-refractivity contribution in [3.05, 3.63) is 57.6 Å². The molecule has 0 aliphatic carbocycles. The number of nitrogens with one attached hydrogen (secondary N) is 1. The predicted octanol–water partition coefficient (Wildman–Crippen LogP) is 4.88. The zero-order chi connectivity index (χ0) is 18.4. The summed E-state index contributed by atoms with van der Waals surface area (Å²) >= 11 is 13.4. The first-order valence-electron chi connectivity index (χ1n) is 7.46. The Morgan fingerprint density at radius 2 is 1.84 bits per heavy atom. The Bertz CT molecular complexity index is 773. The van der Waals surface area contributed by atoms with E-state index in [1.54, 1.807) is 12.1 Å². The lowest BCUT2D eigenvalue weighted by atomic mass is 10.1. The fraction of sp³-hybridized carbons (Fsp3) is 0.222. The van der Waals surface area contributed by atoms with Gasteiger partial charge in [-0.05, 0) is 43.2 Å². The fourth-order valence-electron chi connectivity index (χ4n) is 2.14. The molecule has 2 aromatic rings. The summed E-state index contributed by atoms with van der Waals surface area (Å²) in [6.07, 6.45) is 0. The van der Waals surface area contributed by atoms with Gasteiger partial charge in [0.25, 0.3) is 5.91 Å². The van der Waals surface area contributed by atoms with Gasteiger partial charge >= 0.3 is 5.97 Å². The van der Waals surface area contributed by atoms with Gasteiger partial charge < -0.3 is 10.1 Å². The van der Waals surface area contributed by atoms with Crippen LogP contribution in [0, 0.1) is 13.8 Å². The fourth-order valence-corrected chi connectivity index (χ4v) is 3.54. The smallest absolute Gasteiger partial charge is 0.316 e. The van der Waals surface area contributed by atoms with E-state index in [9.17, 15) is 9.59 Å². The van der Waals surface area contributed by atoms with E-state index in [0.29, 0.717) is 15.7 Å². The minimum absolute atomic E-state index is 0.0708. The summed E-state index contributed by atoms with van der Waals surface area (Å²) in [5, 5.41) is 3.69. The summed E-state index contributed by atoms with van der Waals surface area (Å²) in [6.45, 7) is 3.40. The van der Waals surface area contributed by atoms with Gasteiger partial charge in [-0.15, -0.1) is 11.8 Å². The third kappa shape index (κ3) is 5.96. The Kier molecular flexibility index (Phi) is 7.17. The molecule has 2 aromatic carbocycles. The van der Waals surface area contributed by atoms with Gasteiger partial charge in [0.15, 0.2) is 6.61 Å². The van der Waals surface area contributed by atoms with Crippen molar-refractivity contribution in [2.24, 2.45) is 0 Å². The van der Waals surface area contributed by atoms with E-state index in [2.05, 4.69) is 5.32 Å². The van der Waals surface area contributed by atoms with Crippen LogP contribution < -0.4 is 5.32 Å². The number of anilines is 1. The molecular weight excluding hydrogens is 381 g/mol. The van der Waals surface area contributed by atoms with Crippen LogP contribution in [0.2, 0.25) is 10.0 Å². The molecule has 0 saturated heterocycles. The summed E-state index contributed by atoms with van der Waals surface area (Å²) in [4.78, 5) is 24.5. The average molecular weight is 398 g/mol. The lowest BCUT2D eigenvalue weighted by Crippen LogP contribution is -2.22. The Morgan fingerprint density at radius 3 is 2.52 bits per heavy atom. The molecule has 0 atom stereocenters. The number of hydrogen-bond donors (Lipinski definition) is 1. The minimum atomic E-state index is -0.494. The van der Waals surface area contributed by atoms with Gasteiger partial charge in [-0.2, -0.15) is 0 Å². The van der Waals surface area contributed by atoms with Gasteiger partial charge in [0.05, 0.1) is 21.5 Å². The number of carbonyl (C=O) groups is 2. The van der Waals surface area contributed by atoms with Gasteiger partial charge in [-0.25, -0.2) is 0 Å². The molecule has 132 valence electrons. The van der Waals surface area contributed by atoms with Crippen molar-refractivity contribution < 1.29 is 14.3 Å². The topological polar surface area (TPSA) is 55.4 Å². The molecule has 0 unspecified atom stereocenters. The number of halogens is 2. The van der Waals surface area contributed by atoms with Crippen molar-refractivity contribution in [3.8, 4) is 0 Å². The van der Waals surface area contributed by atoms with Crippen LogP contribution in [-0.2, 0) is 14.3 Å². The van der Waals surface area contributed by atoms with Crippen LogP contribution in [0.3, 0.4) is 0 Å². The monoisotopic (exact) mass is 397 g/mol. The van der Waals surface area contributed by atoms with Crippen molar-refractivity contribution in [1.29, 1.82) is 0 Å². The van der Waals surface area contributed by atoms with Crippen molar-refractivity contribution in [3.63, 3.8) is 0 Å². The van der Waals surface area contributed by atoms with Crippen molar-refractivity contribution in [1.82, 2.24) is 0 Å². The second-order valence-electron chi connectivity index (χ2n) is 5.37. The van der Waals surface area contributed by atoms with E-state index < -0.39 is 11.9 Å². The molecular formula is C18H17Cl2NO3S. The maximum absolute atomic E-state index is 12.0. The Hall–Kier alpha value is -1.69. The van der Waals surface area contributed by atoms with Gasteiger partial charge in [0, 0.05) is 4.90 Å². The third-order valence-corrected chi connectivity index (χ3v) is 5.03. The van der Waals surface area contributed by atoms with E-state index >= 15 is 0 Å². The van der Waals surface area contributed by atoms with Gasteiger partial charge in [0.2, 0.25) is 0 Å². The number of carbonyl (C=O) groups excluding carboxylic acids is 2. The largest absolute Gasteiger partial charge is 0.455 e. The molecule has 0 aliphatic heterocycles. The maximum atomic E-state index is 12.0. The summed E-state index contributed by atoms with van der Waals surface area (Å²) in [6, 6.07) is 10.9. The second-order valence-corrected chi connectivity index (χ2v) is 7.20. The molecule has 0 radical (unpaired) electrons. The second kappa shape index (κ2) is 9.13. The van der Waals surface area contributed by atoms with E-state index in [-0.39, 0.29) is 12.4 Å². The van der Waals surface area contributed by atoms with E-state index in [1.807, 2.05) is 38.1 Å². The van der Waals surface area contributed by atoms with Crippen LogP contribution in [-0.4, -0.2) is 24.2 Å². The molecule has 0 aliphatic rings. The molecule has 0 heterocycles. The Morgan fingerprint density at radius 1 is 1.12 bits per heavy atom. The van der Waals surface area contributed by atoms with E-state index in [0.717, 1.165) is 16.0 Å². The summed E-state index contributed by atoms with van der Waals surface area (Å²) in [5.74, 6) is -0.863. The molecule has 7 heteroatoms. The molecule has 1 amide bonds. The summed E-state index contributed by atoms with van der Waals surface area (Å²) in [7, 11) is 0. The highest BCUT2D eigenvalue weighted by atomic mass is 35.5. The molecule has 0 saturated carbocycles. The molecule has 2 rings (SSSR count). The highest BCUT2D eigenvalue weighted by molar-refractivity contribution is 8.00. The molecule has 0 spiro atoms. The predicted molar refractivity (Wildman–Crippen MR) is 103 cm³/mol. The number of hydrogen-bond acceptors (Lipinski definition) is 4. The standard InChI is InChI=1S/C18H17Cl2NO3S/c1-11-7-12(2)18(14(20)8-11)21-16(22)9-24-17(23)10-25-15-6-4-3-5-13(15)19/h3-8H,9-10H2,1-2H3,(H,21,22). The molecule has 1 N–H and O–H groups in total. The highest BCUT2D eigenvalue weighted by Crippen LogP contribution is 2.28. The first kappa shape index (κ1) is 19.6. The molecule has 0 bridgehead atoms. The van der Waals surface area contributed by atoms with Crippen molar-refractivity contribution in [2.75, 3.05) is 17.7 Å². The van der Waals surface area contributed by atoms with Crippen molar-refractivity contribution in [2.45, 2.75) is 18.7 Å². The van der Waals surface area contributed by atoms with Crippen molar-refractivity contribution >= 4 is 52.5 Å². The Labute approximate surface area is 160 Å². The summed E-state index contributed by atoms with van der Waals surface area (Å²) in [5.41, 5.74) is 2.38. The average Bonchev–Trinajstić information content (AvgIpc) is 2.55. The normalized spacial score (nSPS) is 10.4.